The summed E-state index contributed by atoms with van der Waals surface area (Å²) in [6, 6.07) is 15.2. The summed E-state index contributed by atoms with van der Waals surface area (Å²) in [6.45, 7) is 4.49. The summed E-state index contributed by atoms with van der Waals surface area (Å²) in [6.07, 6.45) is 2.52. The van der Waals surface area contributed by atoms with Gasteiger partial charge in [0.1, 0.15) is 12.6 Å². The SMILES string of the molecule is CCCCC(NC(=O)OCC1c2ccccc2-c2ccccc21)C(=O)N1CCC(C(=O)O)C1CC. The van der Waals surface area contributed by atoms with Gasteiger partial charge in [-0.15, -0.1) is 0 Å². The molecule has 1 fully saturated rings. The summed E-state index contributed by atoms with van der Waals surface area (Å²) in [4.78, 5) is 39.5. The van der Waals surface area contributed by atoms with E-state index in [2.05, 4.69) is 29.6 Å². The van der Waals surface area contributed by atoms with Crippen molar-refractivity contribution in [2.45, 2.75) is 64.0 Å². The summed E-state index contributed by atoms with van der Waals surface area (Å²) in [5.74, 6) is -1.72. The van der Waals surface area contributed by atoms with Gasteiger partial charge in [0.15, 0.2) is 0 Å². The molecule has 1 aliphatic heterocycles. The quantitative estimate of drug-likeness (QED) is 0.540. The van der Waals surface area contributed by atoms with Crippen molar-refractivity contribution in [3.63, 3.8) is 0 Å². The molecule has 0 radical (unpaired) electrons. The average molecular weight is 479 g/mol. The van der Waals surface area contributed by atoms with Crippen molar-refractivity contribution in [1.82, 2.24) is 10.2 Å². The molecule has 1 aliphatic carbocycles. The Hall–Kier alpha value is -3.35. The smallest absolute Gasteiger partial charge is 0.407 e. The number of aliphatic carboxylic acids is 1. The minimum atomic E-state index is -0.873. The van der Waals surface area contributed by atoms with Gasteiger partial charge in [-0.1, -0.05) is 75.2 Å². The zero-order valence-electron chi connectivity index (χ0n) is 20.4. The predicted octanol–water partition coefficient (Wildman–Crippen LogP) is 4.80. The first-order valence-electron chi connectivity index (χ1n) is 12.6. The van der Waals surface area contributed by atoms with Crippen LogP contribution in [0.4, 0.5) is 4.79 Å². The number of hydrogen-bond acceptors (Lipinski definition) is 4. The van der Waals surface area contributed by atoms with Gasteiger partial charge in [0.25, 0.3) is 0 Å². The Bertz CT molecular complexity index is 1040. The van der Waals surface area contributed by atoms with E-state index in [-0.39, 0.29) is 24.5 Å². The van der Waals surface area contributed by atoms with Crippen molar-refractivity contribution >= 4 is 18.0 Å². The van der Waals surface area contributed by atoms with Crippen LogP contribution in [0, 0.1) is 5.92 Å². The summed E-state index contributed by atoms with van der Waals surface area (Å²) in [5, 5.41) is 12.3. The van der Waals surface area contributed by atoms with E-state index < -0.39 is 24.0 Å². The summed E-state index contributed by atoms with van der Waals surface area (Å²) in [7, 11) is 0. The number of rotatable bonds is 9. The van der Waals surface area contributed by atoms with Gasteiger partial charge in [0.2, 0.25) is 5.91 Å². The van der Waals surface area contributed by atoms with Crippen LogP contribution in [0.15, 0.2) is 48.5 Å². The van der Waals surface area contributed by atoms with Crippen LogP contribution in [0.5, 0.6) is 0 Å². The summed E-state index contributed by atoms with van der Waals surface area (Å²) < 4.78 is 5.66. The minimum Gasteiger partial charge on any atom is -0.481 e. The van der Waals surface area contributed by atoms with Crippen LogP contribution in [-0.4, -0.2) is 53.2 Å². The van der Waals surface area contributed by atoms with Gasteiger partial charge in [0, 0.05) is 18.5 Å². The van der Waals surface area contributed by atoms with Gasteiger partial charge in [-0.25, -0.2) is 4.79 Å². The maximum Gasteiger partial charge on any atom is 0.407 e. The molecule has 7 nitrogen and oxygen atoms in total. The maximum atomic E-state index is 13.4. The Morgan fingerprint density at radius 3 is 2.26 bits per heavy atom. The number of amides is 2. The number of nitrogens with one attached hydrogen (secondary N) is 1. The highest BCUT2D eigenvalue weighted by molar-refractivity contribution is 5.87. The Kier molecular flexibility index (Phi) is 7.73. The molecule has 2 amide bonds. The van der Waals surface area contributed by atoms with Crippen LogP contribution in [0.2, 0.25) is 0 Å². The van der Waals surface area contributed by atoms with Crippen LogP contribution < -0.4 is 5.32 Å². The number of hydrogen-bond donors (Lipinski definition) is 2. The lowest BCUT2D eigenvalue weighted by Gasteiger charge is -2.30. The van der Waals surface area contributed by atoms with E-state index in [1.54, 1.807) is 4.90 Å². The Morgan fingerprint density at radius 2 is 1.69 bits per heavy atom. The largest absolute Gasteiger partial charge is 0.481 e. The highest BCUT2D eigenvalue weighted by Crippen LogP contribution is 2.44. The molecule has 2 aliphatic rings. The molecule has 0 saturated carbocycles. The van der Waals surface area contributed by atoms with Gasteiger partial charge in [-0.05, 0) is 41.5 Å². The van der Waals surface area contributed by atoms with Crippen molar-refractivity contribution in [3.8, 4) is 11.1 Å². The zero-order chi connectivity index (χ0) is 24.9. The van der Waals surface area contributed by atoms with Gasteiger partial charge >= 0.3 is 12.1 Å². The monoisotopic (exact) mass is 478 g/mol. The van der Waals surface area contributed by atoms with Crippen LogP contribution in [0.1, 0.15) is 63.0 Å². The Morgan fingerprint density at radius 1 is 1.06 bits per heavy atom. The number of fused-ring (bicyclic) bond motifs is 3. The lowest BCUT2D eigenvalue weighted by Crippen LogP contribution is -2.51. The molecular formula is C28H34N2O5. The fourth-order valence-corrected chi connectivity index (χ4v) is 5.57. The van der Waals surface area contributed by atoms with Crippen molar-refractivity contribution in [3.05, 3.63) is 59.7 Å². The molecule has 1 heterocycles. The first-order valence-corrected chi connectivity index (χ1v) is 12.6. The number of carboxylic acid groups (broad SMARTS) is 1. The first-order chi connectivity index (χ1) is 17.0. The van der Waals surface area contributed by atoms with E-state index in [9.17, 15) is 19.5 Å². The zero-order valence-corrected chi connectivity index (χ0v) is 20.4. The summed E-state index contributed by atoms with van der Waals surface area (Å²) >= 11 is 0. The first kappa shape index (κ1) is 24.8. The topological polar surface area (TPSA) is 95.9 Å². The highest BCUT2D eigenvalue weighted by atomic mass is 16.5. The van der Waals surface area contributed by atoms with Gasteiger partial charge in [-0.2, -0.15) is 0 Å². The molecule has 2 N–H and O–H groups in total. The van der Waals surface area contributed by atoms with Crippen LogP contribution in [0.25, 0.3) is 11.1 Å². The second-order valence-electron chi connectivity index (χ2n) is 9.41. The molecule has 1 saturated heterocycles. The number of unbranched alkanes of at least 4 members (excludes halogenated alkanes) is 1. The van der Waals surface area contributed by atoms with Crippen molar-refractivity contribution in [1.29, 1.82) is 0 Å². The fraction of sp³-hybridized carbons (Fsp3) is 0.464. The van der Waals surface area contributed by atoms with Crippen molar-refractivity contribution < 1.29 is 24.2 Å². The Balaban J connectivity index is 1.43. The number of alkyl carbamates (subject to hydrolysis) is 1. The normalized spacial score (nSPS) is 19.7. The molecule has 2 aromatic carbocycles. The van der Waals surface area contributed by atoms with E-state index in [1.807, 2.05) is 38.1 Å². The van der Waals surface area contributed by atoms with Crippen molar-refractivity contribution in [2.75, 3.05) is 13.2 Å². The molecule has 7 heteroatoms. The lowest BCUT2D eigenvalue weighted by molar-refractivity contribution is -0.143. The molecule has 35 heavy (non-hydrogen) atoms. The molecule has 2 aromatic rings. The second-order valence-corrected chi connectivity index (χ2v) is 9.41. The van der Waals surface area contributed by atoms with E-state index in [0.29, 0.717) is 25.8 Å². The number of likely N-dealkylation sites (tertiary alicyclic amines) is 1. The maximum absolute atomic E-state index is 13.4. The minimum absolute atomic E-state index is 0.0580. The third kappa shape index (κ3) is 5.04. The van der Waals surface area contributed by atoms with Gasteiger partial charge in [-0.3, -0.25) is 9.59 Å². The molecule has 0 spiro atoms. The third-order valence-corrected chi connectivity index (χ3v) is 7.34. The standard InChI is InChI=1S/C28H34N2O5/c1-3-5-14-24(26(31)30-16-15-22(27(32)33)25(30)4-2)29-28(34)35-17-23-20-12-8-6-10-18(20)19-11-7-9-13-21(19)23/h6-13,22-25H,3-5,14-17H2,1-2H3,(H,29,34)(H,32,33). The van der Waals surface area contributed by atoms with Crippen LogP contribution >= 0.6 is 0 Å². The van der Waals surface area contributed by atoms with E-state index in [1.165, 1.54) is 0 Å². The molecular weight excluding hydrogens is 444 g/mol. The molecule has 0 aromatic heterocycles. The van der Waals surface area contributed by atoms with Crippen LogP contribution in [-0.2, 0) is 14.3 Å². The molecule has 0 bridgehead atoms. The Labute approximate surface area is 206 Å². The molecule has 4 rings (SSSR count). The van der Waals surface area contributed by atoms with Crippen molar-refractivity contribution in [2.24, 2.45) is 5.92 Å². The number of benzene rings is 2. The highest BCUT2D eigenvalue weighted by Gasteiger charge is 2.42. The number of carbonyl (C=O) groups excluding carboxylic acids is 2. The third-order valence-electron chi connectivity index (χ3n) is 7.34. The number of ether oxygens (including phenoxy) is 1. The van der Waals surface area contributed by atoms with Crippen LogP contribution in [0.3, 0.4) is 0 Å². The predicted molar refractivity (Wildman–Crippen MR) is 133 cm³/mol. The summed E-state index contributed by atoms with van der Waals surface area (Å²) in [5.41, 5.74) is 4.56. The number of carboxylic acids is 1. The van der Waals surface area contributed by atoms with E-state index in [4.69, 9.17) is 4.74 Å². The molecule has 3 unspecified atom stereocenters. The van der Waals surface area contributed by atoms with E-state index >= 15 is 0 Å². The average Bonchev–Trinajstić information content (AvgIpc) is 3.44. The fourth-order valence-electron chi connectivity index (χ4n) is 5.57. The van der Waals surface area contributed by atoms with Gasteiger partial charge < -0.3 is 20.1 Å². The van der Waals surface area contributed by atoms with Gasteiger partial charge in [0.05, 0.1) is 5.92 Å². The lowest BCUT2D eigenvalue weighted by atomic mass is 9.98. The second kappa shape index (κ2) is 10.9. The molecule has 186 valence electrons. The number of nitrogens with zero attached hydrogens (tertiary/aromatic N) is 1. The van der Waals surface area contributed by atoms with E-state index in [0.717, 1.165) is 35.1 Å². The number of carbonyl (C=O) groups is 3. The molecule has 3 atom stereocenters.